The second-order valence-electron chi connectivity index (χ2n) is 9.25. The molecule has 5 nitrogen and oxygen atoms in total. The molecule has 1 saturated heterocycles. The predicted octanol–water partition coefficient (Wildman–Crippen LogP) is 8.13. The predicted molar refractivity (Wildman–Crippen MR) is 163 cm³/mol. The highest BCUT2D eigenvalue weighted by Crippen LogP contribution is 2.40. The van der Waals surface area contributed by atoms with Crippen molar-refractivity contribution in [1.82, 2.24) is 4.90 Å². The number of ether oxygens (including phenoxy) is 2. The first kappa shape index (κ1) is 28.5. The van der Waals surface area contributed by atoms with Crippen LogP contribution in [0.15, 0.2) is 107 Å². The summed E-state index contributed by atoms with van der Waals surface area (Å²) in [6.45, 7) is 3.26. The molecule has 0 aromatic heterocycles. The molecule has 41 heavy (non-hydrogen) atoms. The number of aliphatic imine (C=N–C) groups is 1. The fraction of sp³-hybridized carbons (Fsp3) is 0.152. The van der Waals surface area contributed by atoms with Gasteiger partial charge < -0.3 is 9.47 Å². The van der Waals surface area contributed by atoms with Crippen LogP contribution in [0.1, 0.15) is 29.2 Å². The lowest BCUT2D eigenvalue weighted by molar-refractivity contribution is -0.122. The fourth-order valence-electron chi connectivity index (χ4n) is 4.28. The van der Waals surface area contributed by atoms with Crippen LogP contribution in [0.4, 0.5) is 4.39 Å². The van der Waals surface area contributed by atoms with E-state index in [0.717, 1.165) is 11.1 Å². The third kappa shape index (κ3) is 7.37. The summed E-state index contributed by atoms with van der Waals surface area (Å²) in [5.41, 5.74) is 3.43. The summed E-state index contributed by atoms with van der Waals surface area (Å²) >= 11 is 7.97. The minimum atomic E-state index is -0.337. The average molecular weight is 587 g/mol. The van der Waals surface area contributed by atoms with Crippen LogP contribution in [0.5, 0.6) is 11.5 Å². The molecule has 5 rings (SSSR count). The maximum Gasteiger partial charge on any atom is 0.267 e. The molecule has 0 radical (unpaired) electrons. The molecule has 208 valence electrons. The van der Waals surface area contributed by atoms with Crippen LogP contribution in [0, 0.1) is 5.82 Å². The zero-order chi connectivity index (χ0) is 28.6. The number of benzene rings is 4. The van der Waals surface area contributed by atoms with Gasteiger partial charge in [0, 0.05) is 0 Å². The first-order valence-electron chi connectivity index (χ1n) is 13.2. The molecule has 1 aliphatic heterocycles. The third-order valence-electron chi connectivity index (χ3n) is 6.21. The van der Waals surface area contributed by atoms with Gasteiger partial charge in [0.2, 0.25) is 0 Å². The van der Waals surface area contributed by atoms with Crippen molar-refractivity contribution in [2.75, 3.05) is 6.61 Å². The van der Waals surface area contributed by atoms with Crippen LogP contribution in [-0.2, 0) is 24.5 Å². The first-order chi connectivity index (χ1) is 20.0. The summed E-state index contributed by atoms with van der Waals surface area (Å²) in [5.74, 6) is 0.334. The molecule has 4 aromatic carbocycles. The summed E-state index contributed by atoms with van der Waals surface area (Å²) in [5, 5.41) is 0.967. The van der Waals surface area contributed by atoms with Gasteiger partial charge in [-0.25, -0.2) is 4.39 Å². The van der Waals surface area contributed by atoms with Crippen molar-refractivity contribution < 1.29 is 18.7 Å². The zero-order valence-electron chi connectivity index (χ0n) is 22.4. The van der Waals surface area contributed by atoms with Gasteiger partial charge in [0.05, 0.1) is 29.6 Å². The standard InChI is InChI=1S/C33H28ClFN2O3S/c1-2-39-29-18-26(17-28(34)31(29)40-22-25-14-9-15-27(35)16-25)19-30-32(38)37(21-24-12-7-4-8-13-24)33(41-30)36-20-23-10-5-3-6-11-23/h3-19H,2,20-22H2,1H3/b30-19+,36-33?. The molecule has 0 bridgehead atoms. The molecule has 0 unspecified atom stereocenters. The van der Waals surface area contributed by atoms with Gasteiger partial charge in [-0.15, -0.1) is 0 Å². The molecule has 0 aliphatic carbocycles. The van der Waals surface area contributed by atoms with E-state index in [4.69, 9.17) is 26.1 Å². The van der Waals surface area contributed by atoms with E-state index in [1.807, 2.05) is 67.6 Å². The van der Waals surface area contributed by atoms with Gasteiger partial charge in [0.1, 0.15) is 12.4 Å². The van der Waals surface area contributed by atoms with Gasteiger partial charge >= 0.3 is 0 Å². The van der Waals surface area contributed by atoms with E-state index < -0.39 is 0 Å². The van der Waals surface area contributed by atoms with E-state index in [1.165, 1.54) is 23.9 Å². The van der Waals surface area contributed by atoms with Crippen molar-refractivity contribution in [3.8, 4) is 11.5 Å². The molecule has 4 aromatic rings. The number of hydrogen-bond donors (Lipinski definition) is 0. The highest BCUT2D eigenvalue weighted by Gasteiger charge is 2.33. The number of nitrogens with zero attached hydrogens (tertiary/aromatic N) is 2. The van der Waals surface area contributed by atoms with Crippen molar-refractivity contribution in [3.63, 3.8) is 0 Å². The Kier molecular flexibility index (Phi) is 9.39. The average Bonchev–Trinajstić information content (AvgIpc) is 3.26. The monoisotopic (exact) mass is 586 g/mol. The normalized spacial score (nSPS) is 15.1. The Bertz CT molecular complexity index is 1580. The number of carbonyl (C=O) groups excluding carboxylic acids is 1. The van der Waals surface area contributed by atoms with Crippen LogP contribution < -0.4 is 9.47 Å². The Balaban J connectivity index is 1.42. The molecule has 1 amide bonds. The summed E-state index contributed by atoms with van der Waals surface area (Å²) < 4.78 is 25.4. The van der Waals surface area contributed by atoms with E-state index in [2.05, 4.69) is 0 Å². The lowest BCUT2D eigenvalue weighted by Crippen LogP contribution is -2.28. The van der Waals surface area contributed by atoms with Crippen molar-refractivity contribution >= 4 is 40.5 Å². The van der Waals surface area contributed by atoms with E-state index >= 15 is 0 Å². The topological polar surface area (TPSA) is 51.1 Å². The van der Waals surface area contributed by atoms with Crippen LogP contribution in [0.2, 0.25) is 5.02 Å². The number of carbonyl (C=O) groups is 1. The van der Waals surface area contributed by atoms with Gasteiger partial charge in [-0.3, -0.25) is 14.7 Å². The smallest absolute Gasteiger partial charge is 0.267 e. The Morgan fingerprint density at radius 2 is 1.61 bits per heavy atom. The highest BCUT2D eigenvalue weighted by molar-refractivity contribution is 8.18. The number of rotatable bonds is 10. The maximum atomic E-state index is 13.6. The van der Waals surface area contributed by atoms with Gasteiger partial charge in [-0.05, 0) is 71.3 Å². The molecule has 1 heterocycles. The molecule has 1 fully saturated rings. The van der Waals surface area contributed by atoms with Gasteiger partial charge in [0.25, 0.3) is 5.91 Å². The number of amides is 1. The molecule has 0 spiro atoms. The second-order valence-corrected chi connectivity index (χ2v) is 10.7. The Hall–Kier alpha value is -4.07. The molecule has 0 saturated carbocycles. The third-order valence-corrected chi connectivity index (χ3v) is 7.54. The number of halogens is 2. The molecular formula is C33H28ClFN2O3S. The van der Waals surface area contributed by atoms with E-state index in [0.29, 0.717) is 57.4 Å². The summed E-state index contributed by atoms with van der Waals surface area (Å²) in [6.07, 6.45) is 1.79. The molecule has 0 N–H and O–H groups in total. The van der Waals surface area contributed by atoms with E-state index in [9.17, 15) is 9.18 Å². The number of amidine groups is 1. The Morgan fingerprint density at radius 1 is 0.902 bits per heavy atom. The Morgan fingerprint density at radius 3 is 2.32 bits per heavy atom. The quantitative estimate of drug-likeness (QED) is 0.176. The fourth-order valence-corrected chi connectivity index (χ4v) is 5.53. The summed E-state index contributed by atoms with van der Waals surface area (Å²) in [7, 11) is 0. The van der Waals surface area contributed by atoms with Crippen LogP contribution in [-0.4, -0.2) is 22.6 Å². The van der Waals surface area contributed by atoms with E-state index in [1.54, 1.807) is 35.2 Å². The zero-order valence-corrected chi connectivity index (χ0v) is 24.0. The summed E-state index contributed by atoms with van der Waals surface area (Å²) in [6, 6.07) is 29.5. The second kappa shape index (κ2) is 13.5. The van der Waals surface area contributed by atoms with Crippen LogP contribution >= 0.6 is 23.4 Å². The van der Waals surface area contributed by atoms with Crippen molar-refractivity contribution in [3.05, 3.63) is 135 Å². The maximum absolute atomic E-state index is 13.6. The van der Waals surface area contributed by atoms with Crippen molar-refractivity contribution in [2.45, 2.75) is 26.6 Å². The molecule has 1 aliphatic rings. The molecule has 0 atom stereocenters. The van der Waals surface area contributed by atoms with E-state index in [-0.39, 0.29) is 18.3 Å². The minimum absolute atomic E-state index is 0.127. The van der Waals surface area contributed by atoms with Gasteiger partial charge in [-0.2, -0.15) is 0 Å². The first-order valence-corrected chi connectivity index (χ1v) is 14.4. The summed E-state index contributed by atoms with van der Waals surface area (Å²) in [4.78, 5) is 20.7. The van der Waals surface area contributed by atoms with Crippen molar-refractivity contribution in [1.29, 1.82) is 0 Å². The highest BCUT2D eigenvalue weighted by atomic mass is 35.5. The lowest BCUT2D eigenvalue weighted by Gasteiger charge is -2.16. The van der Waals surface area contributed by atoms with Crippen LogP contribution in [0.3, 0.4) is 0 Å². The largest absolute Gasteiger partial charge is 0.490 e. The van der Waals surface area contributed by atoms with Crippen molar-refractivity contribution in [2.24, 2.45) is 4.99 Å². The van der Waals surface area contributed by atoms with Crippen LogP contribution in [0.25, 0.3) is 6.08 Å². The van der Waals surface area contributed by atoms with Gasteiger partial charge in [-0.1, -0.05) is 84.4 Å². The number of hydrogen-bond acceptors (Lipinski definition) is 5. The molecular weight excluding hydrogens is 559 g/mol. The lowest BCUT2D eigenvalue weighted by atomic mass is 10.1. The number of thioether (sulfide) groups is 1. The molecule has 8 heteroatoms. The Labute approximate surface area is 248 Å². The SMILES string of the molecule is CCOc1cc(/C=C2/SC(=NCc3ccccc3)N(Cc3ccccc3)C2=O)cc(Cl)c1OCc1cccc(F)c1. The van der Waals surface area contributed by atoms with Gasteiger partial charge in [0.15, 0.2) is 16.7 Å². The minimum Gasteiger partial charge on any atom is -0.490 e.